The highest BCUT2D eigenvalue weighted by atomic mass is 16.5. The summed E-state index contributed by atoms with van der Waals surface area (Å²) in [6, 6.07) is 20.9. The summed E-state index contributed by atoms with van der Waals surface area (Å²) in [6.07, 6.45) is 1.83. The fourth-order valence-corrected chi connectivity index (χ4v) is 2.99. The summed E-state index contributed by atoms with van der Waals surface area (Å²) in [5, 5.41) is 3.58. The van der Waals surface area contributed by atoms with E-state index in [-0.39, 0.29) is 6.04 Å². The lowest BCUT2D eigenvalue weighted by molar-refractivity contribution is 0.327. The van der Waals surface area contributed by atoms with Gasteiger partial charge in [0.1, 0.15) is 5.75 Å². The molecule has 4 nitrogen and oxygen atoms in total. The summed E-state index contributed by atoms with van der Waals surface area (Å²) in [6.45, 7) is 5.51. The van der Waals surface area contributed by atoms with Crippen LogP contribution in [0, 0.1) is 0 Å². The molecule has 0 bridgehead atoms. The molecule has 0 aliphatic heterocycles. The number of pyridine rings is 1. The Hall–Kier alpha value is -2.85. The molecule has 27 heavy (non-hydrogen) atoms. The second-order valence-electron chi connectivity index (χ2n) is 6.37. The van der Waals surface area contributed by atoms with Gasteiger partial charge in [0.25, 0.3) is 0 Å². The van der Waals surface area contributed by atoms with Crippen LogP contribution in [0.2, 0.25) is 0 Å². The smallest absolute Gasteiger partial charge is 0.213 e. The third-order valence-electron chi connectivity index (χ3n) is 4.52. The molecule has 0 amide bonds. The van der Waals surface area contributed by atoms with Crippen LogP contribution >= 0.6 is 0 Å². The van der Waals surface area contributed by atoms with Crippen molar-refractivity contribution in [3.63, 3.8) is 0 Å². The average Bonchev–Trinajstić information content (AvgIpc) is 2.73. The van der Waals surface area contributed by atoms with E-state index in [4.69, 9.17) is 9.47 Å². The Morgan fingerprint density at radius 3 is 2.52 bits per heavy atom. The molecule has 0 saturated heterocycles. The monoisotopic (exact) mass is 362 g/mol. The molecule has 140 valence electrons. The zero-order chi connectivity index (χ0) is 19.1. The normalized spacial score (nSPS) is 11.8. The summed E-state index contributed by atoms with van der Waals surface area (Å²) in [5.74, 6) is 1.47. The second kappa shape index (κ2) is 9.19. The fraction of sp³-hybridized carbons (Fsp3) is 0.261. The maximum Gasteiger partial charge on any atom is 0.213 e. The van der Waals surface area contributed by atoms with Gasteiger partial charge in [-0.3, -0.25) is 0 Å². The summed E-state index contributed by atoms with van der Waals surface area (Å²) in [5.41, 5.74) is 4.51. The predicted molar refractivity (Wildman–Crippen MR) is 109 cm³/mol. The highest BCUT2D eigenvalue weighted by molar-refractivity contribution is 5.70. The fourth-order valence-electron chi connectivity index (χ4n) is 2.99. The third-order valence-corrected chi connectivity index (χ3v) is 4.52. The molecular formula is C23H26N2O2. The lowest BCUT2D eigenvalue weighted by Crippen LogP contribution is -2.18. The Bertz CT molecular complexity index is 848. The van der Waals surface area contributed by atoms with Gasteiger partial charge in [0.05, 0.1) is 13.7 Å². The summed E-state index contributed by atoms with van der Waals surface area (Å²) in [4.78, 5) is 4.37. The van der Waals surface area contributed by atoms with E-state index in [0.717, 1.165) is 23.4 Å². The molecule has 0 unspecified atom stereocenters. The standard InChI is InChI=1S/C23H26N2O2/c1-4-27-23-13-11-20(16-25-23)21-14-18(10-12-22(21)26-3)15-24-17(2)19-8-6-5-7-9-19/h5-14,16-17,24H,4,15H2,1-3H3/t17-/m1/s1. The molecule has 1 aromatic heterocycles. The van der Waals surface area contributed by atoms with Crippen molar-refractivity contribution in [2.75, 3.05) is 13.7 Å². The van der Waals surface area contributed by atoms with E-state index in [1.807, 2.05) is 37.4 Å². The number of hydrogen-bond donors (Lipinski definition) is 1. The van der Waals surface area contributed by atoms with Crippen LogP contribution in [-0.2, 0) is 6.54 Å². The van der Waals surface area contributed by atoms with E-state index in [0.29, 0.717) is 12.5 Å². The largest absolute Gasteiger partial charge is 0.496 e. The van der Waals surface area contributed by atoms with E-state index in [1.54, 1.807) is 7.11 Å². The zero-order valence-corrected chi connectivity index (χ0v) is 16.1. The van der Waals surface area contributed by atoms with E-state index < -0.39 is 0 Å². The number of ether oxygens (including phenoxy) is 2. The van der Waals surface area contributed by atoms with Crippen molar-refractivity contribution in [1.82, 2.24) is 10.3 Å². The van der Waals surface area contributed by atoms with Crippen LogP contribution in [0.15, 0.2) is 66.9 Å². The van der Waals surface area contributed by atoms with Gasteiger partial charge in [0, 0.05) is 36.0 Å². The summed E-state index contributed by atoms with van der Waals surface area (Å²) < 4.78 is 11.0. The topological polar surface area (TPSA) is 43.4 Å². The highest BCUT2D eigenvalue weighted by Crippen LogP contribution is 2.31. The molecule has 3 aromatic rings. The molecule has 0 fully saturated rings. The lowest BCUT2D eigenvalue weighted by atomic mass is 10.0. The molecule has 0 saturated carbocycles. The van der Waals surface area contributed by atoms with Gasteiger partial charge in [-0.25, -0.2) is 4.98 Å². The maximum atomic E-state index is 5.55. The van der Waals surface area contributed by atoms with Crippen LogP contribution in [0.5, 0.6) is 11.6 Å². The second-order valence-corrected chi connectivity index (χ2v) is 6.37. The average molecular weight is 362 g/mol. The maximum absolute atomic E-state index is 5.55. The van der Waals surface area contributed by atoms with Crippen LogP contribution in [0.25, 0.3) is 11.1 Å². The minimum atomic E-state index is 0.281. The first-order valence-corrected chi connectivity index (χ1v) is 9.25. The van der Waals surface area contributed by atoms with Crippen molar-refractivity contribution < 1.29 is 9.47 Å². The van der Waals surface area contributed by atoms with E-state index >= 15 is 0 Å². The minimum Gasteiger partial charge on any atom is -0.496 e. The van der Waals surface area contributed by atoms with Gasteiger partial charge in [-0.2, -0.15) is 0 Å². The van der Waals surface area contributed by atoms with Crippen molar-refractivity contribution in [2.24, 2.45) is 0 Å². The van der Waals surface area contributed by atoms with Crippen molar-refractivity contribution in [3.8, 4) is 22.8 Å². The predicted octanol–water partition coefficient (Wildman–Crippen LogP) is 5.01. The van der Waals surface area contributed by atoms with Crippen LogP contribution in [0.4, 0.5) is 0 Å². The van der Waals surface area contributed by atoms with Crippen molar-refractivity contribution in [2.45, 2.75) is 26.4 Å². The quantitative estimate of drug-likeness (QED) is 0.612. The zero-order valence-electron chi connectivity index (χ0n) is 16.1. The molecule has 1 atom stereocenters. The minimum absolute atomic E-state index is 0.281. The molecule has 0 aliphatic rings. The van der Waals surface area contributed by atoms with E-state index in [2.05, 4.69) is 53.6 Å². The number of hydrogen-bond acceptors (Lipinski definition) is 4. The Labute approximate surface area is 161 Å². The number of rotatable bonds is 8. The van der Waals surface area contributed by atoms with E-state index in [9.17, 15) is 0 Å². The Balaban J connectivity index is 1.77. The van der Waals surface area contributed by atoms with Gasteiger partial charge in [0.15, 0.2) is 0 Å². The molecule has 1 N–H and O–H groups in total. The number of methoxy groups -OCH3 is 1. The molecule has 0 radical (unpaired) electrons. The molecule has 3 rings (SSSR count). The summed E-state index contributed by atoms with van der Waals surface area (Å²) in [7, 11) is 1.69. The molecular weight excluding hydrogens is 336 g/mol. The molecule has 0 spiro atoms. The van der Waals surface area contributed by atoms with Gasteiger partial charge in [-0.05, 0) is 43.2 Å². The Morgan fingerprint density at radius 2 is 1.85 bits per heavy atom. The Morgan fingerprint density at radius 1 is 1.04 bits per heavy atom. The molecule has 0 aliphatic carbocycles. The van der Waals surface area contributed by atoms with Gasteiger partial charge in [-0.1, -0.05) is 36.4 Å². The van der Waals surface area contributed by atoms with Crippen molar-refractivity contribution in [3.05, 3.63) is 78.0 Å². The number of aromatic nitrogens is 1. The van der Waals surface area contributed by atoms with Crippen LogP contribution < -0.4 is 14.8 Å². The van der Waals surface area contributed by atoms with Crippen LogP contribution in [0.1, 0.15) is 31.0 Å². The van der Waals surface area contributed by atoms with Gasteiger partial charge < -0.3 is 14.8 Å². The lowest BCUT2D eigenvalue weighted by Gasteiger charge is -2.16. The molecule has 1 heterocycles. The van der Waals surface area contributed by atoms with Crippen LogP contribution in [-0.4, -0.2) is 18.7 Å². The van der Waals surface area contributed by atoms with Gasteiger partial charge >= 0.3 is 0 Å². The van der Waals surface area contributed by atoms with Crippen molar-refractivity contribution >= 4 is 0 Å². The number of nitrogens with one attached hydrogen (secondary N) is 1. The first-order valence-electron chi connectivity index (χ1n) is 9.25. The summed E-state index contributed by atoms with van der Waals surface area (Å²) >= 11 is 0. The first-order chi connectivity index (χ1) is 13.2. The molecule has 2 aromatic carbocycles. The van der Waals surface area contributed by atoms with Crippen LogP contribution in [0.3, 0.4) is 0 Å². The van der Waals surface area contributed by atoms with Gasteiger partial charge in [0.2, 0.25) is 5.88 Å². The number of benzene rings is 2. The highest BCUT2D eigenvalue weighted by Gasteiger charge is 2.10. The first kappa shape index (κ1) is 18.9. The third kappa shape index (κ3) is 4.86. The van der Waals surface area contributed by atoms with Crippen molar-refractivity contribution in [1.29, 1.82) is 0 Å². The number of nitrogens with zero attached hydrogens (tertiary/aromatic N) is 1. The SMILES string of the molecule is CCOc1ccc(-c2cc(CN[C@H](C)c3ccccc3)ccc2OC)cn1. The van der Waals surface area contributed by atoms with E-state index in [1.165, 1.54) is 11.1 Å². The molecule has 4 heteroatoms. The van der Waals surface area contributed by atoms with Gasteiger partial charge in [-0.15, -0.1) is 0 Å². The Kier molecular flexibility index (Phi) is 6.44.